The van der Waals surface area contributed by atoms with Gasteiger partial charge in [-0.2, -0.15) is 13.2 Å². The summed E-state index contributed by atoms with van der Waals surface area (Å²) in [6, 6.07) is 8.88. The minimum absolute atomic E-state index is 0. The summed E-state index contributed by atoms with van der Waals surface area (Å²) < 4.78 is 37.3. The van der Waals surface area contributed by atoms with Crippen LogP contribution in [0.15, 0.2) is 30.3 Å². The average molecular weight is 408 g/mol. The summed E-state index contributed by atoms with van der Waals surface area (Å²) in [5.41, 5.74) is 7.00. The number of carbonyl (C=O) groups excluding carboxylic acids is 2. The van der Waals surface area contributed by atoms with E-state index in [0.29, 0.717) is 19.4 Å². The van der Waals surface area contributed by atoms with Gasteiger partial charge in [0, 0.05) is 25.7 Å². The maximum absolute atomic E-state index is 12.4. The van der Waals surface area contributed by atoms with E-state index in [0.717, 1.165) is 10.5 Å². The van der Waals surface area contributed by atoms with Crippen LogP contribution < -0.4 is 11.1 Å². The van der Waals surface area contributed by atoms with Crippen molar-refractivity contribution in [1.82, 2.24) is 10.2 Å². The number of amides is 2. The van der Waals surface area contributed by atoms with Gasteiger partial charge >= 0.3 is 12.1 Å². The molecule has 3 N–H and O–H groups in total. The molecule has 0 aromatic heterocycles. The van der Waals surface area contributed by atoms with Crippen LogP contribution in [0.5, 0.6) is 0 Å². The predicted octanol–water partition coefficient (Wildman–Crippen LogP) is 2.66. The lowest BCUT2D eigenvalue weighted by Gasteiger charge is -2.32. The highest BCUT2D eigenvalue weighted by Crippen LogP contribution is 2.24. The van der Waals surface area contributed by atoms with Gasteiger partial charge < -0.3 is 16.0 Å². The van der Waals surface area contributed by atoms with Gasteiger partial charge in [-0.1, -0.05) is 37.3 Å². The average Bonchev–Trinajstić information content (AvgIpc) is 2.64. The molecule has 2 rings (SSSR count). The second-order valence-corrected chi connectivity index (χ2v) is 6.70. The van der Waals surface area contributed by atoms with Gasteiger partial charge in [0.15, 0.2) is 0 Å². The third-order valence-electron chi connectivity index (χ3n) is 4.85. The van der Waals surface area contributed by atoms with E-state index in [2.05, 4.69) is 5.32 Å². The van der Waals surface area contributed by atoms with Crippen LogP contribution in [-0.2, 0) is 9.59 Å². The molecule has 152 valence electrons. The molecule has 1 fully saturated rings. The summed E-state index contributed by atoms with van der Waals surface area (Å²) in [7, 11) is 0. The number of nitrogens with one attached hydrogen (secondary N) is 1. The Balaban J connectivity index is 0.00000364. The number of carbonyl (C=O) groups is 2. The molecular weight excluding hydrogens is 383 g/mol. The SMILES string of the molecule is CC(C(=O)NCC1CCN(C(=O)C(F)(F)F)CC1)C(N)c1ccccc1.Cl. The van der Waals surface area contributed by atoms with Crippen LogP contribution >= 0.6 is 12.4 Å². The molecule has 1 aliphatic heterocycles. The van der Waals surface area contributed by atoms with Crippen molar-refractivity contribution in [2.75, 3.05) is 19.6 Å². The van der Waals surface area contributed by atoms with E-state index < -0.39 is 24.0 Å². The van der Waals surface area contributed by atoms with Gasteiger partial charge in [0.05, 0.1) is 5.92 Å². The Kier molecular flexibility index (Phi) is 8.56. The molecule has 1 saturated heterocycles. The highest BCUT2D eigenvalue weighted by Gasteiger charge is 2.43. The molecule has 1 aromatic carbocycles. The first-order valence-electron chi connectivity index (χ1n) is 8.64. The van der Waals surface area contributed by atoms with Gasteiger partial charge in [0.25, 0.3) is 0 Å². The molecule has 0 spiro atoms. The van der Waals surface area contributed by atoms with Crippen molar-refractivity contribution in [1.29, 1.82) is 0 Å². The fraction of sp³-hybridized carbons (Fsp3) is 0.556. The van der Waals surface area contributed by atoms with Gasteiger partial charge in [-0.25, -0.2) is 0 Å². The van der Waals surface area contributed by atoms with Crippen LogP contribution in [0.3, 0.4) is 0 Å². The Morgan fingerprint density at radius 2 is 1.78 bits per heavy atom. The number of nitrogens with zero attached hydrogens (tertiary/aromatic N) is 1. The summed E-state index contributed by atoms with van der Waals surface area (Å²) >= 11 is 0. The number of rotatable bonds is 5. The summed E-state index contributed by atoms with van der Waals surface area (Å²) in [6.07, 6.45) is -3.97. The number of piperidine rings is 1. The molecule has 2 atom stereocenters. The summed E-state index contributed by atoms with van der Waals surface area (Å²) in [6.45, 7) is 2.23. The van der Waals surface area contributed by atoms with E-state index in [1.165, 1.54) is 0 Å². The molecule has 1 aromatic rings. The summed E-state index contributed by atoms with van der Waals surface area (Å²) in [5.74, 6) is -2.35. The number of hydrogen-bond acceptors (Lipinski definition) is 3. The molecule has 0 bridgehead atoms. The first kappa shape index (κ1) is 23.2. The molecule has 2 amide bonds. The highest BCUT2D eigenvalue weighted by molar-refractivity contribution is 5.85. The molecule has 5 nitrogen and oxygen atoms in total. The minimum Gasteiger partial charge on any atom is -0.356 e. The summed E-state index contributed by atoms with van der Waals surface area (Å²) in [4.78, 5) is 24.3. The zero-order valence-electron chi connectivity index (χ0n) is 15.0. The fourth-order valence-corrected chi connectivity index (χ4v) is 3.05. The number of hydrogen-bond donors (Lipinski definition) is 2. The molecular formula is C18H25ClF3N3O2. The largest absolute Gasteiger partial charge is 0.471 e. The maximum atomic E-state index is 12.4. The number of halogens is 4. The lowest BCUT2D eigenvalue weighted by atomic mass is 9.93. The Hall–Kier alpha value is -1.80. The van der Waals surface area contributed by atoms with E-state index >= 15 is 0 Å². The third kappa shape index (κ3) is 6.39. The Bertz CT molecular complexity index is 620. The molecule has 1 heterocycles. The Labute approximate surface area is 162 Å². The molecule has 27 heavy (non-hydrogen) atoms. The molecule has 0 radical (unpaired) electrons. The number of alkyl halides is 3. The minimum atomic E-state index is -4.83. The van der Waals surface area contributed by atoms with Crippen molar-refractivity contribution >= 4 is 24.2 Å². The van der Waals surface area contributed by atoms with Crippen LogP contribution in [0, 0.1) is 11.8 Å². The van der Waals surface area contributed by atoms with E-state index in [-0.39, 0.29) is 37.3 Å². The smallest absolute Gasteiger partial charge is 0.356 e. The van der Waals surface area contributed by atoms with Gasteiger partial charge in [0.2, 0.25) is 5.91 Å². The van der Waals surface area contributed by atoms with E-state index in [9.17, 15) is 22.8 Å². The van der Waals surface area contributed by atoms with Crippen LogP contribution in [-0.4, -0.2) is 42.5 Å². The van der Waals surface area contributed by atoms with Gasteiger partial charge in [-0.3, -0.25) is 9.59 Å². The van der Waals surface area contributed by atoms with Crippen molar-refractivity contribution in [3.8, 4) is 0 Å². The zero-order valence-corrected chi connectivity index (χ0v) is 15.9. The van der Waals surface area contributed by atoms with Crippen molar-refractivity contribution < 1.29 is 22.8 Å². The van der Waals surface area contributed by atoms with E-state index in [1.54, 1.807) is 6.92 Å². The van der Waals surface area contributed by atoms with Gasteiger partial charge in [0.1, 0.15) is 0 Å². The topological polar surface area (TPSA) is 75.4 Å². The lowest BCUT2D eigenvalue weighted by molar-refractivity contribution is -0.186. The van der Waals surface area contributed by atoms with Crippen molar-refractivity contribution in [3.63, 3.8) is 0 Å². The van der Waals surface area contributed by atoms with Crippen LogP contribution in [0.25, 0.3) is 0 Å². The van der Waals surface area contributed by atoms with Gasteiger partial charge in [-0.05, 0) is 24.3 Å². The Morgan fingerprint density at radius 3 is 2.30 bits per heavy atom. The number of nitrogens with two attached hydrogens (primary N) is 1. The van der Waals surface area contributed by atoms with Gasteiger partial charge in [-0.15, -0.1) is 12.4 Å². The molecule has 2 unspecified atom stereocenters. The molecule has 9 heteroatoms. The number of likely N-dealkylation sites (tertiary alicyclic amines) is 1. The number of benzene rings is 1. The quantitative estimate of drug-likeness (QED) is 0.788. The summed E-state index contributed by atoms with van der Waals surface area (Å²) in [5, 5.41) is 2.83. The van der Waals surface area contributed by atoms with Crippen LogP contribution in [0.2, 0.25) is 0 Å². The fourth-order valence-electron chi connectivity index (χ4n) is 3.05. The molecule has 1 aliphatic rings. The first-order valence-corrected chi connectivity index (χ1v) is 8.64. The van der Waals surface area contributed by atoms with Crippen molar-refractivity contribution in [3.05, 3.63) is 35.9 Å². The Morgan fingerprint density at radius 1 is 1.22 bits per heavy atom. The maximum Gasteiger partial charge on any atom is 0.471 e. The van der Waals surface area contributed by atoms with Crippen LogP contribution in [0.1, 0.15) is 31.4 Å². The van der Waals surface area contributed by atoms with E-state index in [4.69, 9.17) is 5.73 Å². The highest BCUT2D eigenvalue weighted by atomic mass is 35.5. The monoisotopic (exact) mass is 407 g/mol. The standard InChI is InChI=1S/C18H24F3N3O2.ClH/c1-12(15(22)14-5-3-2-4-6-14)16(25)23-11-13-7-9-24(10-8-13)17(26)18(19,20)21;/h2-6,12-13,15H,7-11,22H2,1H3,(H,23,25);1H. The molecule has 0 aliphatic carbocycles. The van der Waals surface area contributed by atoms with Crippen LogP contribution in [0.4, 0.5) is 13.2 Å². The predicted molar refractivity (Wildman–Crippen MR) is 98.2 cm³/mol. The van der Waals surface area contributed by atoms with Crippen molar-refractivity contribution in [2.24, 2.45) is 17.6 Å². The van der Waals surface area contributed by atoms with Crippen molar-refractivity contribution in [2.45, 2.75) is 32.0 Å². The first-order chi connectivity index (χ1) is 12.2. The third-order valence-corrected chi connectivity index (χ3v) is 4.85. The zero-order chi connectivity index (χ0) is 19.3. The van der Waals surface area contributed by atoms with E-state index in [1.807, 2.05) is 30.3 Å². The normalized spacial score (nSPS) is 17.6. The lowest BCUT2D eigenvalue weighted by Crippen LogP contribution is -2.47. The molecule has 0 saturated carbocycles. The second-order valence-electron chi connectivity index (χ2n) is 6.70. The second kappa shape index (κ2) is 9.94.